The average Bonchev–Trinajstić information content (AvgIpc) is 3.14. The number of anilines is 2. The predicted molar refractivity (Wildman–Crippen MR) is 108 cm³/mol. The number of fused-ring (bicyclic) bond motifs is 1. The molecular weight excluding hydrogens is 336 g/mol. The summed E-state index contributed by atoms with van der Waals surface area (Å²) in [6.45, 7) is 0.834. The molecule has 1 N–H and O–H groups in total. The van der Waals surface area contributed by atoms with E-state index in [0.717, 1.165) is 29.2 Å². The summed E-state index contributed by atoms with van der Waals surface area (Å²) in [5.74, 6) is 0.687. The van der Waals surface area contributed by atoms with Crippen molar-refractivity contribution in [1.29, 1.82) is 0 Å². The van der Waals surface area contributed by atoms with Crippen LogP contribution in [0.5, 0.6) is 5.75 Å². The summed E-state index contributed by atoms with van der Waals surface area (Å²) in [5.41, 5.74) is 4.21. The number of hydrogen-bond acceptors (Lipinski definition) is 3. The summed E-state index contributed by atoms with van der Waals surface area (Å²) < 4.78 is 5.75. The molecule has 3 aromatic carbocycles. The highest BCUT2D eigenvalue weighted by Gasteiger charge is 2.28. The van der Waals surface area contributed by atoms with E-state index < -0.39 is 6.10 Å². The number of carbonyl (C=O) groups excluding carboxylic acids is 1. The number of benzene rings is 3. The first-order valence-electron chi connectivity index (χ1n) is 9.09. The normalized spacial score (nSPS) is 14.9. The van der Waals surface area contributed by atoms with Gasteiger partial charge >= 0.3 is 0 Å². The SMILES string of the molecule is CN(Cc1ccccc1)c1ccc(NC(=O)C2Cc3ccccc3O2)cc1. The number of nitrogens with one attached hydrogen (secondary N) is 1. The van der Waals surface area contributed by atoms with E-state index in [1.54, 1.807) is 0 Å². The molecule has 3 aromatic rings. The monoisotopic (exact) mass is 358 g/mol. The Morgan fingerprint density at radius 1 is 1.00 bits per heavy atom. The number of hydrogen-bond donors (Lipinski definition) is 1. The lowest BCUT2D eigenvalue weighted by molar-refractivity contribution is -0.122. The van der Waals surface area contributed by atoms with Crippen LogP contribution in [-0.4, -0.2) is 19.1 Å². The molecule has 136 valence electrons. The molecule has 0 aliphatic carbocycles. The quantitative estimate of drug-likeness (QED) is 0.741. The van der Waals surface area contributed by atoms with Crippen LogP contribution in [-0.2, 0) is 17.8 Å². The Kier molecular flexibility index (Phi) is 4.79. The summed E-state index contributed by atoms with van der Waals surface area (Å²) in [4.78, 5) is 14.7. The Labute approximate surface area is 159 Å². The van der Waals surface area contributed by atoms with Gasteiger partial charge in [0.1, 0.15) is 5.75 Å². The van der Waals surface area contributed by atoms with Crippen LogP contribution in [0.25, 0.3) is 0 Å². The number of para-hydroxylation sites is 1. The van der Waals surface area contributed by atoms with E-state index >= 15 is 0 Å². The highest BCUT2D eigenvalue weighted by Crippen LogP contribution is 2.29. The molecular formula is C23H22N2O2. The molecule has 0 saturated heterocycles. The van der Waals surface area contributed by atoms with E-state index in [4.69, 9.17) is 4.74 Å². The molecule has 0 spiro atoms. The fourth-order valence-electron chi connectivity index (χ4n) is 3.30. The van der Waals surface area contributed by atoms with Crippen molar-refractivity contribution in [3.8, 4) is 5.75 Å². The first-order valence-corrected chi connectivity index (χ1v) is 9.09. The zero-order chi connectivity index (χ0) is 18.6. The van der Waals surface area contributed by atoms with Crippen molar-refractivity contribution in [2.75, 3.05) is 17.3 Å². The molecule has 1 amide bonds. The van der Waals surface area contributed by atoms with E-state index in [1.165, 1.54) is 5.56 Å². The lowest BCUT2D eigenvalue weighted by atomic mass is 10.1. The second kappa shape index (κ2) is 7.54. The minimum absolute atomic E-state index is 0.114. The minimum atomic E-state index is -0.470. The molecule has 0 saturated carbocycles. The predicted octanol–water partition coefficient (Wildman–Crippen LogP) is 4.27. The van der Waals surface area contributed by atoms with Gasteiger partial charge < -0.3 is 15.0 Å². The highest BCUT2D eigenvalue weighted by molar-refractivity contribution is 5.95. The number of amides is 1. The second-order valence-corrected chi connectivity index (χ2v) is 6.80. The molecule has 4 nitrogen and oxygen atoms in total. The average molecular weight is 358 g/mol. The zero-order valence-electron chi connectivity index (χ0n) is 15.3. The van der Waals surface area contributed by atoms with Crippen molar-refractivity contribution in [2.24, 2.45) is 0 Å². The topological polar surface area (TPSA) is 41.6 Å². The van der Waals surface area contributed by atoms with Crippen molar-refractivity contribution in [3.63, 3.8) is 0 Å². The summed E-state index contributed by atoms with van der Waals surface area (Å²) in [6, 6.07) is 26.0. The van der Waals surface area contributed by atoms with Crippen LogP contribution in [0.4, 0.5) is 11.4 Å². The van der Waals surface area contributed by atoms with E-state index in [1.807, 2.05) is 66.7 Å². The molecule has 0 aromatic heterocycles. The summed E-state index contributed by atoms with van der Waals surface area (Å²) >= 11 is 0. The van der Waals surface area contributed by atoms with Gasteiger partial charge in [-0.05, 0) is 41.5 Å². The number of ether oxygens (including phenoxy) is 1. The van der Waals surface area contributed by atoms with E-state index in [-0.39, 0.29) is 5.91 Å². The summed E-state index contributed by atoms with van der Waals surface area (Å²) in [6.07, 6.45) is 0.141. The van der Waals surface area contributed by atoms with Gasteiger partial charge in [0.2, 0.25) is 0 Å². The van der Waals surface area contributed by atoms with Crippen molar-refractivity contribution in [2.45, 2.75) is 19.1 Å². The molecule has 0 bridgehead atoms. The van der Waals surface area contributed by atoms with Crippen molar-refractivity contribution in [1.82, 2.24) is 0 Å². The van der Waals surface area contributed by atoms with Crippen LogP contribution in [0.3, 0.4) is 0 Å². The summed E-state index contributed by atoms with van der Waals surface area (Å²) in [7, 11) is 2.06. The minimum Gasteiger partial charge on any atom is -0.480 e. The van der Waals surface area contributed by atoms with Gasteiger partial charge in [0, 0.05) is 31.4 Å². The lowest BCUT2D eigenvalue weighted by Crippen LogP contribution is -2.31. The molecule has 27 heavy (non-hydrogen) atoms. The van der Waals surface area contributed by atoms with Gasteiger partial charge in [-0.25, -0.2) is 0 Å². The molecule has 1 heterocycles. The van der Waals surface area contributed by atoms with Gasteiger partial charge in [0.05, 0.1) is 0 Å². The number of nitrogens with zero attached hydrogens (tertiary/aromatic N) is 1. The largest absolute Gasteiger partial charge is 0.480 e. The molecule has 4 rings (SSSR count). The van der Waals surface area contributed by atoms with Crippen molar-refractivity contribution >= 4 is 17.3 Å². The maximum absolute atomic E-state index is 12.5. The summed E-state index contributed by atoms with van der Waals surface area (Å²) in [5, 5.41) is 2.95. The van der Waals surface area contributed by atoms with Crippen LogP contribution < -0.4 is 15.0 Å². The molecule has 1 aliphatic heterocycles. The van der Waals surface area contributed by atoms with E-state index in [9.17, 15) is 4.79 Å². The standard InChI is InChI=1S/C23H22N2O2/c1-25(16-17-7-3-2-4-8-17)20-13-11-19(12-14-20)24-23(26)22-15-18-9-5-6-10-21(18)27-22/h2-14,22H,15-16H2,1H3,(H,24,26). The Hall–Kier alpha value is -3.27. The van der Waals surface area contributed by atoms with Gasteiger partial charge in [-0.3, -0.25) is 4.79 Å². The third-order valence-corrected chi connectivity index (χ3v) is 4.78. The molecule has 0 fully saturated rings. The van der Waals surface area contributed by atoms with Gasteiger partial charge in [-0.2, -0.15) is 0 Å². The van der Waals surface area contributed by atoms with Gasteiger partial charge in [-0.15, -0.1) is 0 Å². The zero-order valence-corrected chi connectivity index (χ0v) is 15.3. The third kappa shape index (κ3) is 3.95. The first kappa shape index (κ1) is 17.2. The van der Waals surface area contributed by atoms with Crippen molar-refractivity contribution in [3.05, 3.63) is 90.0 Å². The highest BCUT2D eigenvalue weighted by atomic mass is 16.5. The lowest BCUT2D eigenvalue weighted by Gasteiger charge is -2.20. The van der Waals surface area contributed by atoms with Gasteiger partial charge in [0.15, 0.2) is 6.10 Å². The molecule has 1 atom stereocenters. The van der Waals surface area contributed by atoms with Crippen LogP contribution >= 0.6 is 0 Å². The number of carbonyl (C=O) groups is 1. The fourth-order valence-corrected chi connectivity index (χ4v) is 3.30. The maximum atomic E-state index is 12.5. The van der Waals surface area contributed by atoms with Crippen molar-refractivity contribution < 1.29 is 9.53 Å². The van der Waals surface area contributed by atoms with Gasteiger partial charge in [-0.1, -0.05) is 48.5 Å². The first-order chi connectivity index (χ1) is 13.2. The Morgan fingerprint density at radius 3 is 2.44 bits per heavy atom. The van der Waals surface area contributed by atoms with Crippen LogP contribution in [0.2, 0.25) is 0 Å². The number of rotatable bonds is 5. The van der Waals surface area contributed by atoms with Crippen LogP contribution in [0.1, 0.15) is 11.1 Å². The Morgan fingerprint density at radius 2 is 1.70 bits per heavy atom. The second-order valence-electron chi connectivity index (χ2n) is 6.80. The van der Waals surface area contributed by atoms with Crippen LogP contribution in [0.15, 0.2) is 78.9 Å². The smallest absolute Gasteiger partial charge is 0.265 e. The molecule has 0 radical (unpaired) electrons. The van der Waals surface area contributed by atoms with E-state index in [0.29, 0.717) is 6.42 Å². The maximum Gasteiger partial charge on any atom is 0.265 e. The molecule has 1 unspecified atom stereocenters. The molecule has 4 heteroatoms. The van der Waals surface area contributed by atoms with Gasteiger partial charge in [0.25, 0.3) is 5.91 Å². The molecule has 1 aliphatic rings. The Balaban J connectivity index is 1.36. The Bertz CT molecular complexity index is 898. The van der Waals surface area contributed by atoms with E-state index in [2.05, 4.69) is 29.4 Å². The van der Waals surface area contributed by atoms with Crippen LogP contribution in [0, 0.1) is 0 Å². The fraction of sp³-hybridized carbons (Fsp3) is 0.174. The third-order valence-electron chi connectivity index (χ3n) is 4.78.